The molecule has 22 heteroatoms. The Labute approximate surface area is 221 Å². The molecular formula is C8H6F4LiO8PS8. The number of rotatable bonds is 4. The van der Waals surface area contributed by atoms with Crippen molar-refractivity contribution in [1.29, 1.82) is 0 Å². The second-order valence-corrected chi connectivity index (χ2v) is 6.85. The molecule has 0 saturated heterocycles. The molecule has 0 bridgehead atoms. The van der Waals surface area contributed by atoms with Crippen molar-refractivity contribution in [3.8, 4) is 0 Å². The Morgan fingerprint density at radius 1 is 0.633 bits per heavy atom. The summed E-state index contributed by atoms with van der Waals surface area (Å²) in [5, 5.41) is -8.65. The molecule has 8 nitrogen and oxygen atoms in total. The zero-order chi connectivity index (χ0) is 25.1. The molecule has 0 atom stereocenters. The van der Waals surface area contributed by atoms with Crippen LogP contribution in [-0.2, 0) is 23.7 Å². The van der Waals surface area contributed by atoms with Gasteiger partial charge in [-0.05, 0) is 48.9 Å². The molecule has 0 rings (SSSR count). The minimum atomic E-state index is -4.89. The average molecular weight is 601 g/mol. The van der Waals surface area contributed by atoms with E-state index in [1.807, 2.05) is 0 Å². The third-order valence-corrected chi connectivity index (χ3v) is 2.80. The fraction of sp³-hybridized carbons (Fsp3) is 0. The van der Waals surface area contributed by atoms with Gasteiger partial charge in [0.1, 0.15) is 0 Å². The van der Waals surface area contributed by atoms with Gasteiger partial charge in [0.25, 0.3) is 28.3 Å². The zero-order valence-electron chi connectivity index (χ0n) is 13.7. The third kappa shape index (κ3) is 78.8. The quantitative estimate of drug-likeness (QED) is 0.0552. The minimum Gasteiger partial charge on any atom is -0.756 e. The number of phosphoric acid groups is 1. The Hall–Kier alpha value is 0.867. The Bertz CT molecular complexity index is 550. The van der Waals surface area contributed by atoms with E-state index < -0.39 is 48.8 Å². The van der Waals surface area contributed by atoms with Crippen LogP contribution in [0.1, 0.15) is 0 Å². The molecule has 0 aliphatic rings. The molecule has 0 unspecified atom stereocenters. The Balaban J connectivity index is -0.0000000596. The van der Waals surface area contributed by atoms with Gasteiger partial charge in [0.15, 0.2) is 0 Å². The number of hydrogen-bond donors (Lipinski definition) is 6. The van der Waals surface area contributed by atoms with Crippen LogP contribution in [0.4, 0.5) is 17.6 Å². The van der Waals surface area contributed by atoms with Gasteiger partial charge in [-0.15, -0.1) is 0 Å². The predicted octanol–water partition coefficient (Wildman–Crippen LogP) is -1.60. The third-order valence-electron chi connectivity index (χ3n) is 0.673. The van der Waals surface area contributed by atoms with Crippen molar-refractivity contribution in [2.24, 2.45) is 0 Å². The molecule has 0 fully saturated rings. The van der Waals surface area contributed by atoms with Gasteiger partial charge < -0.3 is 14.7 Å². The Morgan fingerprint density at radius 2 is 0.667 bits per heavy atom. The molecule has 0 spiro atoms. The van der Waals surface area contributed by atoms with Gasteiger partial charge >= 0.3 is 18.9 Å². The summed E-state index contributed by atoms with van der Waals surface area (Å²) in [6, 6.07) is 0. The van der Waals surface area contributed by atoms with Gasteiger partial charge in [-0.2, -0.15) is 17.6 Å². The number of thiocarbonyl (C=S) groups is 4. The summed E-state index contributed by atoms with van der Waals surface area (Å²) in [7, 11) is -4.89. The van der Waals surface area contributed by atoms with Crippen LogP contribution < -0.4 is 23.8 Å². The summed E-state index contributed by atoms with van der Waals surface area (Å²) in [6.07, 6.45) is 0. The first-order valence-corrected chi connectivity index (χ1v) is 10.0. The van der Waals surface area contributed by atoms with E-state index in [2.05, 4.69) is 99.4 Å². The van der Waals surface area contributed by atoms with Crippen molar-refractivity contribution >= 4 is 148 Å². The standard InChI is InChI=1S/4C2HFOS2.Li.H3O4P/c4*3-1(5)2(4)6;;1-5(2,3)4/h4*(H,4,6);;(H3,1,2,3,4)/q;;;;+1;/p-1. The maximum atomic E-state index is 11.1. The van der Waals surface area contributed by atoms with Crippen LogP contribution in [0.2, 0.25) is 0 Å². The van der Waals surface area contributed by atoms with Crippen LogP contribution in [0.3, 0.4) is 0 Å². The van der Waals surface area contributed by atoms with E-state index in [1.54, 1.807) is 0 Å². The van der Waals surface area contributed by atoms with Crippen molar-refractivity contribution in [3.63, 3.8) is 0 Å². The average Bonchev–Trinajstić information content (AvgIpc) is 2.46. The number of hydrogen-bond acceptors (Lipinski definition) is 10. The van der Waals surface area contributed by atoms with Gasteiger partial charge in [-0.1, -0.05) is 50.5 Å². The number of thiol groups is 4. The molecule has 0 aliphatic carbocycles. The smallest absolute Gasteiger partial charge is 0.756 e. The monoisotopic (exact) mass is 600 g/mol. The van der Waals surface area contributed by atoms with Crippen LogP contribution in [-0.4, -0.2) is 50.7 Å². The second-order valence-electron chi connectivity index (χ2n) is 2.81. The molecule has 0 heterocycles. The molecule has 168 valence electrons. The summed E-state index contributed by atoms with van der Waals surface area (Å²) in [5.41, 5.74) is 0. The topological polar surface area (TPSA) is 149 Å². The largest absolute Gasteiger partial charge is 1.00 e. The van der Waals surface area contributed by atoms with Gasteiger partial charge in [0, 0.05) is 0 Å². The second kappa shape index (κ2) is 26.1. The molecule has 0 aliphatic heterocycles. The molecule has 0 aromatic carbocycles. The summed E-state index contributed by atoms with van der Waals surface area (Å²) in [6.45, 7) is 0. The van der Waals surface area contributed by atoms with Crippen LogP contribution in [0.15, 0.2) is 0 Å². The van der Waals surface area contributed by atoms with Crippen molar-refractivity contribution < 1.29 is 74.8 Å². The predicted molar refractivity (Wildman–Crippen MR) is 123 cm³/mol. The van der Waals surface area contributed by atoms with Crippen molar-refractivity contribution in [3.05, 3.63) is 0 Å². The summed E-state index contributed by atoms with van der Waals surface area (Å²) >= 11 is 27.1. The molecule has 0 aromatic heterocycles. The van der Waals surface area contributed by atoms with Crippen LogP contribution in [0.5, 0.6) is 0 Å². The Morgan fingerprint density at radius 3 is 0.667 bits per heavy atom. The van der Waals surface area contributed by atoms with E-state index in [-0.39, 0.29) is 18.9 Å². The van der Waals surface area contributed by atoms with E-state index in [0.717, 1.165) is 0 Å². The van der Waals surface area contributed by atoms with E-state index in [0.29, 0.717) is 0 Å². The van der Waals surface area contributed by atoms with Gasteiger partial charge in [-0.25, -0.2) is 0 Å². The van der Waals surface area contributed by atoms with Crippen LogP contribution in [0, 0.1) is 0 Å². The summed E-state index contributed by atoms with van der Waals surface area (Å²) in [4.78, 5) is 60.9. The first-order chi connectivity index (χ1) is 12.6. The van der Waals surface area contributed by atoms with E-state index in [9.17, 15) is 36.7 Å². The van der Waals surface area contributed by atoms with Crippen LogP contribution >= 0.6 is 107 Å². The van der Waals surface area contributed by atoms with Crippen LogP contribution in [0.25, 0.3) is 0 Å². The molecule has 0 saturated carbocycles. The van der Waals surface area contributed by atoms with Crippen molar-refractivity contribution in [1.82, 2.24) is 0 Å². The summed E-state index contributed by atoms with van der Waals surface area (Å²) in [5.74, 6) is 0. The minimum absolute atomic E-state index is 0. The fourth-order valence-electron chi connectivity index (χ4n) is 0. The maximum absolute atomic E-state index is 11.1. The van der Waals surface area contributed by atoms with Gasteiger partial charge in [-0.3, -0.25) is 23.7 Å². The first kappa shape index (κ1) is 44.5. The van der Waals surface area contributed by atoms with Crippen molar-refractivity contribution in [2.45, 2.75) is 0 Å². The molecule has 0 radical (unpaired) electrons. The number of carbonyl (C=O) groups is 4. The maximum Gasteiger partial charge on any atom is 1.00 e. The number of halogens is 4. The normalized spacial score (nSPS) is 8.10. The number of carbonyl (C=O) groups excluding carboxylic acids is 4. The van der Waals surface area contributed by atoms with Crippen molar-refractivity contribution in [2.75, 3.05) is 0 Å². The first-order valence-electron chi connectivity index (χ1n) is 5.05. The molecule has 0 aromatic rings. The zero-order valence-corrected chi connectivity index (χ0v) is 21.5. The molecule has 2 N–H and O–H groups in total. The van der Waals surface area contributed by atoms with E-state index in [1.165, 1.54) is 0 Å². The fourth-order valence-corrected chi connectivity index (χ4v) is 0. The molecule has 0 amide bonds. The SMILES string of the molecule is O=C(S)C(F)=S.O=C(S)C(F)=S.O=C(S)C(F)=S.O=C(S)C(F)=S.O=P([O-])(O)O.[Li+]. The van der Waals surface area contributed by atoms with Gasteiger partial charge in [0.05, 0.1) is 0 Å². The Kier molecular flexibility index (Phi) is 38.8. The van der Waals surface area contributed by atoms with E-state index in [4.69, 9.17) is 19.2 Å². The van der Waals surface area contributed by atoms with Gasteiger partial charge in [0.2, 0.25) is 20.5 Å². The molecular weight excluding hydrogens is 595 g/mol. The molecule has 30 heavy (non-hydrogen) atoms. The summed E-state index contributed by atoms with van der Waals surface area (Å²) < 4.78 is 53.3. The van der Waals surface area contributed by atoms with E-state index >= 15 is 0 Å².